The predicted molar refractivity (Wildman–Crippen MR) is 94.2 cm³/mol. The molecule has 0 aliphatic rings. The van der Waals surface area contributed by atoms with Crippen molar-refractivity contribution < 1.29 is 4.74 Å². The van der Waals surface area contributed by atoms with Crippen LogP contribution in [0.2, 0.25) is 0 Å². The molecule has 5 heteroatoms. The molecule has 0 atom stereocenters. The molecule has 0 radical (unpaired) electrons. The Morgan fingerprint density at radius 2 is 2.00 bits per heavy atom. The number of anilines is 1. The molecule has 0 aliphatic heterocycles. The lowest BCUT2D eigenvalue weighted by molar-refractivity contribution is 0.242. The first kappa shape index (κ1) is 16.2. The monoisotopic (exact) mass is 315 g/mol. The van der Waals surface area contributed by atoms with Crippen molar-refractivity contribution in [3.05, 3.63) is 53.7 Å². The lowest BCUT2D eigenvalue weighted by Gasteiger charge is -2.13. The van der Waals surface area contributed by atoms with E-state index in [9.17, 15) is 0 Å². The molecule has 1 aromatic carbocycles. The number of ether oxygens (including phenoxy) is 1. The Morgan fingerprint density at radius 1 is 1.23 bits per heavy atom. The van der Waals surface area contributed by atoms with E-state index in [-0.39, 0.29) is 6.10 Å². The third-order valence-electron chi connectivity index (χ3n) is 2.85. The summed E-state index contributed by atoms with van der Waals surface area (Å²) < 4.78 is 5.68. The first-order chi connectivity index (χ1) is 10.5. The number of hydrogen-bond donors (Lipinski definition) is 2. The Hall–Kier alpha value is -2.14. The first-order valence-corrected chi connectivity index (χ1v) is 7.68. The zero-order valence-corrected chi connectivity index (χ0v) is 13.9. The van der Waals surface area contributed by atoms with Crippen LogP contribution in [0, 0.1) is 6.92 Å². The van der Waals surface area contributed by atoms with Gasteiger partial charge in [-0.2, -0.15) is 0 Å². The molecular weight excluding hydrogens is 294 g/mol. The van der Waals surface area contributed by atoms with Crippen LogP contribution in [0.4, 0.5) is 5.82 Å². The van der Waals surface area contributed by atoms with Gasteiger partial charge in [0.1, 0.15) is 11.6 Å². The van der Waals surface area contributed by atoms with Crippen LogP contribution in [0.1, 0.15) is 25.1 Å². The highest BCUT2D eigenvalue weighted by molar-refractivity contribution is 7.80. The van der Waals surface area contributed by atoms with E-state index in [1.54, 1.807) is 0 Å². The van der Waals surface area contributed by atoms with Crippen LogP contribution >= 0.6 is 12.2 Å². The maximum atomic E-state index is 5.68. The van der Waals surface area contributed by atoms with Crippen molar-refractivity contribution in [2.45, 2.75) is 33.4 Å². The molecule has 0 amide bonds. The topological polar surface area (TPSA) is 46.2 Å². The largest absolute Gasteiger partial charge is 0.491 e. The van der Waals surface area contributed by atoms with Crippen molar-refractivity contribution >= 4 is 23.1 Å². The second-order valence-corrected chi connectivity index (χ2v) is 5.69. The van der Waals surface area contributed by atoms with Gasteiger partial charge in [0.25, 0.3) is 0 Å². The number of hydrogen-bond acceptors (Lipinski definition) is 3. The van der Waals surface area contributed by atoms with Gasteiger partial charge in [0, 0.05) is 12.2 Å². The fourth-order valence-corrected chi connectivity index (χ4v) is 2.13. The minimum atomic E-state index is 0.165. The maximum absolute atomic E-state index is 5.68. The van der Waals surface area contributed by atoms with E-state index < -0.39 is 0 Å². The molecule has 1 heterocycles. The van der Waals surface area contributed by atoms with Crippen molar-refractivity contribution in [1.29, 1.82) is 0 Å². The minimum Gasteiger partial charge on any atom is -0.491 e. The molecule has 116 valence electrons. The molecule has 0 spiro atoms. The standard InChI is InChI=1S/C17H21N3OS/c1-12(2)21-15-8-5-7-14(10-15)11-18-17(22)20-16-9-4-6-13(3)19-16/h4-10,12H,11H2,1-3H3,(H2,18,19,20,22). The normalized spacial score (nSPS) is 10.4. The summed E-state index contributed by atoms with van der Waals surface area (Å²) in [5.41, 5.74) is 2.06. The first-order valence-electron chi connectivity index (χ1n) is 7.27. The van der Waals surface area contributed by atoms with Gasteiger partial charge in [-0.25, -0.2) is 4.98 Å². The van der Waals surface area contributed by atoms with Crippen LogP contribution in [0.15, 0.2) is 42.5 Å². The number of rotatable bonds is 5. The van der Waals surface area contributed by atoms with E-state index in [4.69, 9.17) is 17.0 Å². The number of pyridine rings is 1. The van der Waals surface area contributed by atoms with Gasteiger partial charge in [-0.3, -0.25) is 0 Å². The van der Waals surface area contributed by atoms with Crippen LogP contribution in [0.3, 0.4) is 0 Å². The number of benzene rings is 1. The zero-order chi connectivity index (χ0) is 15.9. The van der Waals surface area contributed by atoms with Gasteiger partial charge in [0.2, 0.25) is 0 Å². The van der Waals surface area contributed by atoms with Crippen LogP contribution in [-0.2, 0) is 6.54 Å². The van der Waals surface area contributed by atoms with Crippen LogP contribution < -0.4 is 15.4 Å². The number of nitrogens with zero attached hydrogens (tertiary/aromatic N) is 1. The van der Waals surface area contributed by atoms with Gasteiger partial charge in [-0.15, -0.1) is 0 Å². The van der Waals surface area contributed by atoms with Crippen molar-refractivity contribution in [1.82, 2.24) is 10.3 Å². The maximum Gasteiger partial charge on any atom is 0.172 e. The molecule has 0 saturated heterocycles. The molecule has 0 saturated carbocycles. The van der Waals surface area contributed by atoms with E-state index in [1.807, 2.05) is 63.2 Å². The van der Waals surface area contributed by atoms with E-state index in [0.29, 0.717) is 11.7 Å². The lowest BCUT2D eigenvalue weighted by atomic mass is 10.2. The van der Waals surface area contributed by atoms with E-state index in [2.05, 4.69) is 15.6 Å². The van der Waals surface area contributed by atoms with E-state index >= 15 is 0 Å². The Labute approximate surface area is 136 Å². The van der Waals surface area contributed by atoms with Crippen LogP contribution in [-0.4, -0.2) is 16.2 Å². The molecule has 2 rings (SSSR count). The molecule has 2 aromatic rings. The molecule has 0 aliphatic carbocycles. The molecule has 0 fully saturated rings. The van der Waals surface area contributed by atoms with Gasteiger partial charge in [0.15, 0.2) is 5.11 Å². The highest BCUT2D eigenvalue weighted by Crippen LogP contribution is 2.14. The summed E-state index contributed by atoms with van der Waals surface area (Å²) in [4.78, 5) is 4.36. The SMILES string of the molecule is Cc1cccc(NC(=S)NCc2cccc(OC(C)C)c2)n1. The van der Waals surface area contributed by atoms with Crippen molar-refractivity contribution in [2.75, 3.05) is 5.32 Å². The highest BCUT2D eigenvalue weighted by atomic mass is 32.1. The van der Waals surface area contributed by atoms with Gasteiger partial charge in [-0.05, 0) is 62.8 Å². The Balaban J connectivity index is 1.88. The van der Waals surface area contributed by atoms with Gasteiger partial charge in [-0.1, -0.05) is 18.2 Å². The Kier molecular flexibility index (Phi) is 5.72. The molecule has 0 unspecified atom stereocenters. The summed E-state index contributed by atoms with van der Waals surface area (Å²) in [6.45, 7) is 6.60. The molecule has 1 aromatic heterocycles. The molecule has 22 heavy (non-hydrogen) atoms. The van der Waals surface area contributed by atoms with Crippen molar-refractivity contribution in [3.63, 3.8) is 0 Å². The molecule has 2 N–H and O–H groups in total. The summed E-state index contributed by atoms with van der Waals surface area (Å²) >= 11 is 5.29. The smallest absolute Gasteiger partial charge is 0.172 e. The average molecular weight is 315 g/mol. The Morgan fingerprint density at radius 3 is 2.73 bits per heavy atom. The van der Waals surface area contributed by atoms with E-state index in [1.165, 1.54) is 0 Å². The van der Waals surface area contributed by atoms with Crippen LogP contribution in [0.5, 0.6) is 5.75 Å². The number of aromatic nitrogens is 1. The summed E-state index contributed by atoms with van der Waals surface area (Å²) in [6.07, 6.45) is 0.165. The van der Waals surface area contributed by atoms with E-state index in [0.717, 1.165) is 22.8 Å². The second kappa shape index (κ2) is 7.75. The third-order valence-corrected chi connectivity index (χ3v) is 3.10. The van der Waals surface area contributed by atoms with Crippen molar-refractivity contribution in [3.8, 4) is 5.75 Å². The second-order valence-electron chi connectivity index (χ2n) is 5.29. The number of thiocarbonyl (C=S) groups is 1. The number of nitrogens with one attached hydrogen (secondary N) is 2. The summed E-state index contributed by atoms with van der Waals surface area (Å²) in [5.74, 6) is 1.61. The molecule has 0 bridgehead atoms. The summed E-state index contributed by atoms with van der Waals surface area (Å²) in [7, 11) is 0. The molecular formula is C17H21N3OS. The van der Waals surface area contributed by atoms with Crippen molar-refractivity contribution in [2.24, 2.45) is 0 Å². The lowest BCUT2D eigenvalue weighted by Crippen LogP contribution is -2.28. The quantitative estimate of drug-likeness (QED) is 0.825. The fraction of sp³-hybridized carbons (Fsp3) is 0.294. The van der Waals surface area contributed by atoms with Gasteiger partial charge >= 0.3 is 0 Å². The molecule has 4 nitrogen and oxygen atoms in total. The Bertz CT molecular complexity index is 643. The average Bonchev–Trinajstić information content (AvgIpc) is 2.45. The third kappa shape index (κ3) is 5.33. The van der Waals surface area contributed by atoms with Gasteiger partial charge in [0.05, 0.1) is 6.10 Å². The van der Waals surface area contributed by atoms with Crippen LogP contribution in [0.25, 0.3) is 0 Å². The fourth-order valence-electron chi connectivity index (χ4n) is 1.96. The summed E-state index contributed by atoms with van der Waals surface area (Å²) in [6, 6.07) is 13.8. The summed E-state index contributed by atoms with van der Waals surface area (Å²) in [5, 5.41) is 6.80. The predicted octanol–water partition coefficient (Wildman–Crippen LogP) is 3.66. The zero-order valence-electron chi connectivity index (χ0n) is 13.1. The van der Waals surface area contributed by atoms with Gasteiger partial charge < -0.3 is 15.4 Å². The highest BCUT2D eigenvalue weighted by Gasteiger charge is 2.02. The minimum absolute atomic E-state index is 0.165. The number of aryl methyl sites for hydroxylation is 1.